The van der Waals surface area contributed by atoms with Gasteiger partial charge in [-0.3, -0.25) is 0 Å². The second-order valence-corrected chi connectivity index (χ2v) is 6.84. The van der Waals surface area contributed by atoms with Gasteiger partial charge in [0.1, 0.15) is 0 Å². The van der Waals surface area contributed by atoms with Crippen molar-refractivity contribution in [1.82, 2.24) is 10.1 Å². The van der Waals surface area contributed by atoms with Gasteiger partial charge in [0.15, 0.2) is 5.82 Å². The van der Waals surface area contributed by atoms with Gasteiger partial charge >= 0.3 is 6.01 Å². The summed E-state index contributed by atoms with van der Waals surface area (Å²) in [6.45, 7) is 5.94. The molecule has 2 aliphatic rings. The lowest BCUT2D eigenvalue weighted by Crippen LogP contribution is -2.39. The van der Waals surface area contributed by atoms with Crippen LogP contribution < -0.4 is 4.90 Å². The summed E-state index contributed by atoms with van der Waals surface area (Å²) in [7, 11) is 0. The highest BCUT2D eigenvalue weighted by atomic mass is 16.5. The molecule has 6 heteroatoms. The lowest BCUT2D eigenvalue weighted by molar-refractivity contribution is -0.0558. The third-order valence-electron chi connectivity index (χ3n) is 4.69. The molecule has 0 unspecified atom stereocenters. The van der Waals surface area contributed by atoms with Crippen molar-refractivity contribution in [2.75, 3.05) is 18.0 Å². The smallest absolute Gasteiger partial charge is 0.324 e. The highest BCUT2D eigenvalue weighted by molar-refractivity contribution is 5.26. The lowest BCUT2D eigenvalue weighted by atomic mass is 9.94. The Kier molecular flexibility index (Phi) is 4.98. The zero-order chi connectivity index (χ0) is 15.5. The predicted octanol–water partition coefficient (Wildman–Crippen LogP) is 2.48. The Labute approximate surface area is 131 Å². The number of anilines is 1. The topological polar surface area (TPSA) is 71.6 Å². The normalized spacial score (nSPS) is 27.5. The van der Waals surface area contributed by atoms with Crippen molar-refractivity contribution in [2.24, 2.45) is 0 Å². The largest absolute Gasteiger partial charge is 0.393 e. The van der Waals surface area contributed by atoms with E-state index in [1.807, 2.05) is 0 Å². The van der Waals surface area contributed by atoms with E-state index in [9.17, 15) is 5.11 Å². The molecule has 1 N–H and O–H groups in total. The maximum atomic E-state index is 9.55. The van der Waals surface area contributed by atoms with Gasteiger partial charge in [-0.15, -0.1) is 0 Å². The first kappa shape index (κ1) is 15.7. The Morgan fingerprint density at radius 3 is 2.32 bits per heavy atom. The first-order valence-corrected chi connectivity index (χ1v) is 8.54. The summed E-state index contributed by atoms with van der Waals surface area (Å²) in [4.78, 5) is 6.62. The molecule has 0 radical (unpaired) electrons. The van der Waals surface area contributed by atoms with Crippen LogP contribution in [0, 0.1) is 0 Å². The minimum absolute atomic E-state index is 0.116. The van der Waals surface area contributed by atoms with E-state index < -0.39 is 0 Å². The fourth-order valence-electron chi connectivity index (χ4n) is 3.23. The van der Waals surface area contributed by atoms with Crippen molar-refractivity contribution >= 4 is 6.01 Å². The number of hydrogen-bond donors (Lipinski definition) is 1. The number of nitrogens with zero attached hydrogens (tertiary/aromatic N) is 3. The van der Waals surface area contributed by atoms with Gasteiger partial charge in [-0.25, -0.2) is 0 Å². The molecule has 0 spiro atoms. The van der Waals surface area contributed by atoms with Crippen LogP contribution in [0.2, 0.25) is 0 Å². The minimum atomic E-state index is -0.116. The highest BCUT2D eigenvalue weighted by Gasteiger charge is 2.27. The van der Waals surface area contributed by atoms with Crippen molar-refractivity contribution < 1.29 is 14.4 Å². The third kappa shape index (κ3) is 3.79. The molecule has 6 nitrogen and oxygen atoms in total. The molecule has 1 aliphatic heterocycles. The molecule has 0 amide bonds. The van der Waals surface area contributed by atoms with E-state index in [1.165, 1.54) is 0 Å². The monoisotopic (exact) mass is 309 g/mol. The quantitative estimate of drug-likeness (QED) is 0.921. The second-order valence-electron chi connectivity index (χ2n) is 6.84. The summed E-state index contributed by atoms with van der Waals surface area (Å²) in [5, 5.41) is 13.6. The van der Waals surface area contributed by atoms with Gasteiger partial charge in [0.25, 0.3) is 0 Å². The Morgan fingerprint density at radius 2 is 1.73 bits per heavy atom. The van der Waals surface area contributed by atoms with Crippen LogP contribution in [0.4, 0.5) is 6.01 Å². The number of hydrogen-bond acceptors (Lipinski definition) is 6. The SMILES string of the molecule is CC(C)c1noc(N2CCC(OC3CCC(O)CC3)CC2)n1. The van der Waals surface area contributed by atoms with Gasteiger partial charge in [-0.05, 0) is 38.5 Å². The van der Waals surface area contributed by atoms with Gasteiger partial charge in [-0.2, -0.15) is 4.98 Å². The molecule has 0 bridgehead atoms. The number of aliphatic hydroxyl groups excluding tert-OH is 1. The van der Waals surface area contributed by atoms with Crippen LogP contribution in [0.15, 0.2) is 4.52 Å². The predicted molar refractivity (Wildman–Crippen MR) is 83.0 cm³/mol. The van der Waals surface area contributed by atoms with Crippen LogP contribution in [0.25, 0.3) is 0 Å². The Hall–Kier alpha value is -1.14. The summed E-state index contributed by atoms with van der Waals surface area (Å²) >= 11 is 0. The number of aliphatic hydroxyl groups is 1. The number of ether oxygens (including phenoxy) is 1. The van der Waals surface area contributed by atoms with Crippen molar-refractivity contribution in [2.45, 2.75) is 76.6 Å². The van der Waals surface area contributed by atoms with Crippen molar-refractivity contribution in [3.05, 3.63) is 5.82 Å². The number of piperidine rings is 1. The molecule has 0 atom stereocenters. The fourth-order valence-corrected chi connectivity index (χ4v) is 3.23. The summed E-state index contributed by atoms with van der Waals surface area (Å²) in [5.41, 5.74) is 0. The van der Waals surface area contributed by atoms with Crippen LogP contribution in [-0.4, -0.2) is 46.6 Å². The van der Waals surface area contributed by atoms with E-state index in [0.29, 0.717) is 24.1 Å². The van der Waals surface area contributed by atoms with Gasteiger partial charge in [0.2, 0.25) is 0 Å². The first-order chi connectivity index (χ1) is 10.6. The van der Waals surface area contributed by atoms with Crippen molar-refractivity contribution in [1.29, 1.82) is 0 Å². The van der Waals surface area contributed by atoms with Crippen LogP contribution in [0.5, 0.6) is 0 Å². The fraction of sp³-hybridized carbons (Fsp3) is 0.875. The van der Waals surface area contributed by atoms with E-state index in [4.69, 9.17) is 9.26 Å². The summed E-state index contributed by atoms with van der Waals surface area (Å²) in [6, 6.07) is 0.642. The number of aromatic nitrogens is 2. The summed E-state index contributed by atoms with van der Waals surface area (Å²) in [6.07, 6.45) is 6.27. The second kappa shape index (κ2) is 6.96. The van der Waals surface area contributed by atoms with E-state index in [2.05, 4.69) is 28.9 Å². The van der Waals surface area contributed by atoms with Crippen molar-refractivity contribution in [3.63, 3.8) is 0 Å². The molecule has 1 aliphatic carbocycles. The summed E-state index contributed by atoms with van der Waals surface area (Å²) in [5.74, 6) is 1.06. The Morgan fingerprint density at radius 1 is 1.09 bits per heavy atom. The molecular formula is C16H27N3O3. The molecule has 1 saturated carbocycles. The van der Waals surface area contributed by atoms with Crippen LogP contribution in [-0.2, 0) is 4.74 Å². The van der Waals surface area contributed by atoms with Gasteiger partial charge < -0.3 is 19.3 Å². The standard InChI is InChI=1S/C16H27N3O3/c1-11(2)15-17-16(22-18-15)19-9-7-14(8-10-19)21-13-5-3-12(20)4-6-13/h11-14,20H,3-10H2,1-2H3. The van der Waals surface area contributed by atoms with E-state index in [1.54, 1.807) is 0 Å². The molecule has 0 aromatic carbocycles. The molecule has 22 heavy (non-hydrogen) atoms. The molecule has 1 aromatic rings. The average Bonchev–Trinajstić information content (AvgIpc) is 3.00. The average molecular weight is 309 g/mol. The molecule has 2 fully saturated rings. The Balaban J connectivity index is 1.45. The maximum Gasteiger partial charge on any atom is 0.324 e. The van der Waals surface area contributed by atoms with Crippen molar-refractivity contribution in [3.8, 4) is 0 Å². The van der Waals surface area contributed by atoms with Gasteiger partial charge in [-0.1, -0.05) is 19.0 Å². The number of rotatable bonds is 4. The van der Waals surface area contributed by atoms with E-state index in [-0.39, 0.29) is 6.10 Å². The van der Waals surface area contributed by atoms with E-state index >= 15 is 0 Å². The third-order valence-corrected chi connectivity index (χ3v) is 4.69. The zero-order valence-electron chi connectivity index (χ0n) is 13.6. The van der Waals surface area contributed by atoms with E-state index in [0.717, 1.165) is 57.4 Å². The molecule has 124 valence electrons. The van der Waals surface area contributed by atoms with Crippen LogP contribution in [0.1, 0.15) is 64.1 Å². The molecule has 3 rings (SSSR count). The highest BCUT2D eigenvalue weighted by Crippen LogP contribution is 2.26. The zero-order valence-corrected chi connectivity index (χ0v) is 13.6. The Bertz CT molecular complexity index is 461. The van der Waals surface area contributed by atoms with Crippen LogP contribution in [0.3, 0.4) is 0 Å². The molecule has 1 aromatic heterocycles. The maximum absolute atomic E-state index is 9.55. The molecule has 1 saturated heterocycles. The molecule has 2 heterocycles. The van der Waals surface area contributed by atoms with Gasteiger partial charge in [0.05, 0.1) is 18.3 Å². The van der Waals surface area contributed by atoms with Crippen LogP contribution >= 0.6 is 0 Å². The minimum Gasteiger partial charge on any atom is -0.393 e. The lowest BCUT2D eigenvalue weighted by Gasteiger charge is -2.34. The molecular weight excluding hydrogens is 282 g/mol. The first-order valence-electron chi connectivity index (χ1n) is 8.54. The summed E-state index contributed by atoms with van der Waals surface area (Å²) < 4.78 is 11.6. The van der Waals surface area contributed by atoms with Gasteiger partial charge in [0, 0.05) is 19.0 Å².